The number of carbonyl (C=O) groups is 1. The van der Waals surface area contributed by atoms with Crippen molar-refractivity contribution in [3.05, 3.63) is 28.5 Å². The first-order valence-electron chi connectivity index (χ1n) is 5.91. The van der Waals surface area contributed by atoms with Crippen molar-refractivity contribution in [2.75, 3.05) is 7.11 Å². The normalized spacial score (nSPS) is 25.3. The highest BCUT2D eigenvalue weighted by molar-refractivity contribution is 9.10. The van der Waals surface area contributed by atoms with Gasteiger partial charge in [0, 0.05) is 18.6 Å². The smallest absolute Gasteiger partial charge is 0.270 e. The van der Waals surface area contributed by atoms with Crippen molar-refractivity contribution >= 4 is 21.8 Å². The standard InChI is InChI=1S/C13H17BrN2O2/c1-13(2)9(7-10(13)18-3)16-12(17)8-5-4-6-11(14)15-8/h4-6,9-10H,7H2,1-3H3,(H,16,17). The molecule has 0 saturated heterocycles. The second-order valence-electron chi connectivity index (χ2n) is 5.15. The third-order valence-electron chi connectivity index (χ3n) is 3.72. The Morgan fingerprint density at radius 3 is 2.83 bits per heavy atom. The van der Waals surface area contributed by atoms with E-state index in [2.05, 4.69) is 40.1 Å². The lowest BCUT2D eigenvalue weighted by Gasteiger charge is -2.51. The number of ether oxygens (including phenoxy) is 1. The van der Waals surface area contributed by atoms with E-state index in [0.29, 0.717) is 10.3 Å². The first kappa shape index (κ1) is 13.5. The zero-order valence-corrected chi connectivity index (χ0v) is 12.3. The number of carbonyl (C=O) groups excluding carboxylic acids is 1. The summed E-state index contributed by atoms with van der Waals surface area (Å²) >= 11 is 3.26. The van der Waals surface area contributed by atoms with Crippen LogP contribution in [0.1, 0.15) is 30.8 Å². The minimum Gasteiger partial charge on any atom is -0.381 e. The Balaban J connectivity index is 2.01. The van der Waals surface area contributed by atoms with Gasteiger partial charge in [-0.25, -0.2) is 4.98 Å². The van der Waals surface area contributed by atoms with Crippen LogP contribution in [0.2, 0.25) is 0 Å². The molecule has 1 fully saturated rings. The highest BCUT2D eigenvalue weighted by Crippen LogP contribution is 2.42. The molecule has 1 aromatic heterocycles. The molecule has 1 aliphatic rings. The van der Waals surface area contributed by atoms with Crippen molar-refractivity contribution in [3.63, 3.8) is 0 Å². The van der Waals surface area contributed by atoms with Crippen LogP contribution in [0.4, 0.5) is 0 Å². The number of amides is 1. The van der Waals surface area contributed by atoms with Crippen molar-refractivity contribution in [3.8, 4) is 0 Å². The van der Waals surface area contributed by atoms with Gasteiger partial charge in [0.15, 0.2) is 0 Å². The van der Waals surface area contributed by atoms with E-state index in [1.54, 1.807) is 25.3 Å². The summed E-state index contributed by atoms with van der Waals surface area (Å²) in [5.41, 5.74) is 0.400. The summed E-state index contributed by atoms with van der Waals surface area (Å²) in [4.78, 5) is 16.2. The predicted octanol–water partition coefficient (Wildman–Crippen LogP) is 2.39. The number of pyridine rings is 1. The van der Waals surface area contributed by atoms with E-state index in [1.807, 2.05) is 0 Å². The predicted molar refractivity (Wildman–Crippen MR) is 72.4 cm³/mol. The Morgan fingerprint density at radius 1 is 1.56 bits per heavy atom. The molecular formula is C13H17BrN2O2. The lowest BCUT2D eigenvalue weighted by Crippen LogP contribution is -2.61. The maximum atomic E-state index is 12.0. The Labute approximate surface area is 115 Å². The third kappa shape index (κ3) is 2.42. The summed E-state index contributed by atoms with van der Waals surface area (Å²) in [5, 5.41) is 3.01. The van der Waals surface area contributed by atoms with Crippen molar-refractivity contribution in [1.29, 1.82) is 0 Å². The first-order chi connectivity index (χ1) is 8.45. The summed E-state index contributed by atoms with van der Waals surface area (Å²) in [6.45, 7) is 4.20. The van der Waals surface area contributed by atoms with E-state index in [9.17, 15) is 4.79 Å². The molecule has 98 valence electrons. The van der Waals surface area contributed by atoms with Crippen molar-refractivity contribution in [2.24, 2.45) is 5.41 Å². The van der Waals surface area contributed by atoms with Crippen molar-refractivity contribution < 1.29 is 9.53 Å². The highest BCUT2D eigenvalue weighted by Gasteiger charge is 2.49. The molecule has 0 spiro atoms. The van der Waals surface area contributed by atoms with Gasteiger partial charge in [0.1, 0.15) is 10.3 Å². The average Bonchev–Trinajstić information content (AvgIpc) is 2.33. The zero-order valence-electron chi connectivity index (χ0n) is 10.7. The number of nitrogens with one attached hydrogen (secondary N) is 1. The van der Waals surface area contributed by atoms with Crippen LogP contribution in [-0.2, 0) is 4.74 Å². The Kier molecular flexibility index (Phi) is 3.73. The first-order valence-corrected chi connectivity index (χ1v) is 6.70. The fraction of sp³-hybridized carbons (Fsp3) is 0.538. The molecule has 2 rings (SSSR count). The molecule has 1 aromatic rings. The molecule has 1 amide bonds. The number of nitrogens with zero attached hydrogens (tertiary/aromatic N) is 1. The largest absolute Gasteiger partial charge is 0.381 e. The molecule has 18 heavy (non-hydrogen) atoms. The molecule has 0 aliphatic heterocycles. The fourth-order valence-corrected chi connectivity index (χ4v) is 2.64. The molecule has 0 radical (unpaired) electrons. The number of hydrogen-bond donors (Lipinski definition) is 1. The van der Waals surface area contributed by atoms with Gasteiger partial charge < -0.3 is 10.1 Å². The third-order valence-corrected chi connectivity index (χ3v) is 4.16. The van der Waals surface area contributed by atoms with Crippen LogP contribution in [0, 0.1) is 5.41 Å². The lowest BCUT2D eigenvalue weighted by molar-refractivity contribution is -0.0942. The van der Waals surface area contributed by atoms with Gasteiger partial charge in [-0.3, -0.25) is 4.79 Å². The Hall–Kier alpha value is -0.940. The number of methoxy groups -OCH3 is 1. The van der Waals surface area contributed by atoms with Gasteiger partial charge in [-0.1, -0.05) is 19.9 Å². The minimum absolute atomic E-state index is 0.0313. The monoisotopic (exact) mass is 312 g/mol. The number of rotatable bonds is 3. The molecular weight excluding hydrogens is 296 g/mol. The molecule has 1 saturated carbocycles. The Bertz CT molecular complexity index is 462. The summed E-state index contributed by atoms with van der Waals surface area (Å²) in [6, 6.07) is 5.44. The van der Waals surface area contributed by atoms with Crippen LogP contribution in [0.15, 0.2) is 22.8 Å². The average molecular weight is 313 g/mol. The second-order valence-corrected chi connectivity index (χ2v) is 5.97. The van der Waals surface area contributed by atoms with E-state index in [1.165, 1.54) is 0 Å². The van der Waals surface area contributed by atoms with Crippen LogP contribution in [0.5, 0.6) is 0 Å². The SMILES string of the molecule is COC1CC(NC(=O)c2cccc(Br)n2)C1(C)C. The molecule has 1 aliphatic carbocycles. The van der Waals surface area contributed by atoms with Gasteiger partial charge in [-0.15, -0.1) is 0 Å². The van der Waals surface area contributed by atoms with E-state index in [-0.39, 0.29) is 23.5 Å². The van der Waals surface area contributed by atoms with Gasteiger partial charge in [0.05, 0.1) is 6.10 Å². The quantitative estimate of drug-likeness (QED) is 0.872. The molecule has 2 unspecified atom stereocenters. The van der Waals surface area contributed by atoms with Crippen molar-refractivity contribution in [2.45, 2.75) is 32.4 Å². The van der Waals surface area contributed by atoms with E-state index >= 15 is 0 Å². The molecule has 0 bridgehead atoms. The minimum atomic E-state index is -0.135. The zero-order chi connectivity index (χ0) is 13.3. The molecule has 1 N–H and O–H groups in total. The van der Waals surface area contributed by atoms with Gasteiger partial charge in [0.2, 0.25) is 0 Å². The lowest BCUT2D eigenvalue weighted by atomic mass is 9.64. The summed E-state index contributed by atoms with van der Waals surface area (Å²) < 4.78 is 6.03. The van der Waals surface area contributed by atoms with E-state index < -0.39 is 0 Å². The van der Waals surface area contributed by atoms with Gasteiger partial charge in [-0.05, 0) is 34.5 Å². The van der Waals surface area contributed by atoms with E-state index in [0.717, 1.165) is 6.42 Å². The van der Waals surface area contributed by atoms with E-state index in [4.69, 9.17) is 4.74 Å². The number of halogens is 1. The van der Waals surface area contributed by atoms with Gasteiger partial charge in [-0.2, -0.15) is 0 Å². The van der Waals surface area contributed by atoms with Crippen LogP contribution < -0.4 is 5.32 Å². The molecule has 1 heterocycles. The van der Waals surface area contributed by atoms with Gasteiger partial charge >= 0.3 is 0 Å². The van der Waals surface area contributed by atoms with Gasteiger partial charge in [0.25, 0.3) is 5.91 Å². The van der Waals surface area contributed by atoms with Crippen LogP contribution >= 0.6 is 15.9 Å². The fourth-order valence-electron chi connectivity index (χ4n) is 2.30. The Morgan fingerprint density at radius 2 is 2.28 bits per heavy atom. The topological polar surface area (TPSA) is 51.2 Å². The number of aromatic nitrogens is 1. The molecule has 4 nitrogen and oxygen atoms in total. The maximum Gasteiger partial charge on any atom is 0.270 e. The highest BCUT2D eigenvalue weighted by atomic mass is 79.9. The van der Waals surface area contributed by atoms with Crippen molar-refractivity contribution in [1.82, 2.24) is 10.3 Å². The molecule has 5 heteroatoms. The second kappa shape index (κ2) is 4.97. The van der Waals surface area contributed by atoms with Crippen LogP contribution in [0.3, 0.4) is 0 Å². The van der Waals surface area contributed by atoms with Crippen LogP contribution in [0.25, 0.3) is 0 Å². The maximum absolute atomic E-state index is 12.0. The molecule has 0 aromatic carbocycles. The number of hydrogen-bond acceptors (Lipinski definition) is 3. The van der Waals surface area contributed by atoms with Crippen LogP contribution in [-0.4, -0.2) is 30.1 Å². The summed E-state index contributed by atoms with van der Waals surface area (Å²) in [6.07, 6.45) is 1.06. The molecule has 2 atom stereocenters. The summed E-state index contributed by atoms with van der Waals surface area (Å²) in [7, 11) is 1.71. The summed E-state index contributed by atoms with van der Waals surface area (Å²) in [5.74, 6) is -0.135.